The Labute approximate surface area is 141 Å². The van der Waals surface area contributed by atoms with E-state index in [-0.39, 0.29) is 5.91 Å². The molecular weight excluding hydrogens is 326 g/mol. The number of fused-ring (bicyclic) bond motifs is 1. The average Bonchev–Trinajstić information content (AvgIpc) is 2.59. The predicted molar refractivity (Wildman–Crippen MR) is 92.5 cm³/mol. The molecular formula is C18H19NO4S. The molecule has 0 saturated carbocycles. The van der Waals surface area contributed by atoms with E-state index in [4.69, 9.17) is 4.74 Å². The molecule has 0 N–H and O–H groups in total. The maximum absolute atomic E-state index is 12.9. The van der Waals surface area contributed by atoms with Crippen molar-refractivity contribution in [1.29, 1.82) is 0 Å². The minimum atomic E-state index is -3.33. The smallest absolute Gasteiger partial charge is 0.258 e. The number of methoxy groups -OCH3 is 1. The molecule has 1 heterocycles. The van der Waals surface area contributed by atoms with Crippen molar-refractivity contribution in [3.8, 4) is 5.75 Å². The fraction of sp³-hybridized carbons (Fsp3) is 0.278. The van der Waals surface area contributed by atoms with Crippen LogP contribution in [0, 0.1) is 0 Å². The molecule has 0 aromatic heterocycles. The van der Waals surface area contributed by atoms with Crippen LogP contribution >= 0.6 is 0 Å². The zero-order valence-corrected chi connectivity index (χ0v) is 14.5. The van der Waals surface area contributed by atoms with E-state index in [0.29, 0.717) is 34.9 Å². The number of carbonyl (C=O) groups excluding carboxylic acids is 1. The van der Waals surface area contributed by atoms with Crippen molar-refractivity contribution in [2.24, 2.45) is 0 Å². The third-order valence-electron chi connectivity index (χ3n) is 4.17. The van der Waals surface area contributed by atoms with Crippen molar-refractivity contribution >= 4 is 21.4 Å². The van der Waals surface area contributed by atoms with Crippen LogP contribution in [0.1, 0.15) is 22.3 Å². The van der Waals surface area contributed by atoms with E-state index in [1.165, 1.54) is 6.26 Å². The number of nitrogens with zero attached hydrogens (tertiary/aromatic N) is 1. The van der Waals surface area contributed by atoms with Crippen molar-refractivity contribution in [2.75, 3.05) is 24.8 Å². The lowest BCUT2D eigenvalue weighted by atomic mass is 10.0. The lowest BCUT2D eigenvalue weighted by Gasteiger charge is -2.30. The minimum absolute atomic E-state index is 0.152. The Balaban J connectivity index is 2.05. The average molecular weight is 345 g/mol. The van der Waals surface area contributed by atoms with E-state index in [0.717, 1.165) is 12.0 Å². The third kappa shape index (κ3) is 3.01. The first-order valence-corrected chi connectivity index (χ1v) is 9.59. The molecule has 2 aromatic rings. The van der Waals surface area contributed by atoms with Crippen molar-refractivity contribution in [3.05, 3.63) is 53.6 Å². The Morgan fingerprint density at radius 1 is 1.17 bits per heavy atom. The highest BCUT2D eigenvalue weighted by atomic mass is 32.2. The van der Waals surface area contributed by atoms with Crippen LogP contribution in [0.25, 0.3) is 0 Å². The fourth-order valence-corrected chi connectivity index (χ4v) is 4.04. The summed E-state index contributed by atoms with van der Waals surface area (Å²) in [5, 5.41) is 0. The topological polar surface area (TPSA) is 63.7 Å². The summed E-state index contributed by atoms with van der Waals surface area (Å²) in [7, 11) is -1.77. The first-order chi connectivity index (χ1) is 11.4. The highest BCUT2D eigenvalue weighted by Gasteiger charge is 2.27. The Hall–Kier alpha value is -2.34. The number of anilines is 1. The molecule has 1 aliphatic heterocycles. The van der Waals surface area contributed by atoms with Gasteiger partial charge in [0.15, 0.2) is 9.84 Å². The number of hydrogen-bond acceptors (Lipinski definition) is 4. The highest BCUT2D eigenvalue weighted by Crippen LogP contribution is 2.33. The summed E-state index contributed by atoms with van der Waals surface area (Å²) < 4.78 is 29.2. The minimum Gasteiger partial charge on any atom is -0.497 e. The van der Waals surface area contributed by atoms with Gasteiger partial charge < -0.3 is 9.64 Å². The molecule has 1 amide bonds. The normalized spacial score (nSPS) is 14.2. The molecule has 0 aliphatic carbocycles. The van der Waals surface area contributed by atoms with Gasteiger partial charge in [-0.1, -0.05) is 12.1 Å². The van der Waals surface area contributed by atoms with Gasteiger partial charge in [0.25, 0.3) is 5.91 Å². The van der Waals surface area contributed by atoms with Gasteiger partial charge in [0, 0.05) is 24.1 Å². The van der Waals surface area contributed by atoms with E-state index in [1.54, 1.807) is 54.5 Å². The van der Waals surface area contributed by atoms with Gasteiger partial charge in [-0.3, -0.25) is 4.79 Å². The van der Waals surface area contributed by atoms with E-state index >= 15 is 0 Å². The fourth-order valence-electron chi connectivity index (χ4n) is 3.06. The molecule has 0 unspecified atom stereocenters. The quantitative estimate of drug-likeness (QED) is 0.858. The second-order valence-electron chi connectivity index (χ2n) is 5.82. The molecule has 0 fully saturated rings. The Morgan fingerprint density at radius 2 is 1.92 bits per heavy atom. The summed E-state index contributed by atoms with van der Waals surface area (Å²) in [6.45, 7) is 0.566. The Morgan fingerprint density at radius 3 is 2.62 bits per heavy atom. The Bertz CT molecular complexity index is 890. The first kappa shape index (κ1) is 16.5. The predicted octanol–water partition coefficient (Wildman–Crippen LogP) is 2.69. The summed E-state index contributed by atoms with van der Waals surface area (Å²) in [4.78, 5) is 14.9. The molecule has 6 heteroatoms. The van der Waals surface area contributed by atoms with E-state index < -0.39 is 9.84 Å². The van der Waals surface area contributed by atoms with Crippen molar-refractivity contribution in [2.45, 2.75) is 17.7 Å². The second kappa shape index (κ2) is 6.28. The molecule has 126 valence electrons. The van der Waals surface area contributed by atoms with Gasteiger partial charge in [0.2, 0.25) is 0 Å². The van der Waals surface area contributed by atoms with Gasteiger partial charge in [-0.25, -0.2) is 8.42 Å². The number of rotatable bonds is 3. The number of ether oxygens (including phenoxy) is 1. The van der Waals surface area contributed by atoms with Crippen LogP contribution in [0.15, 0.2) is 47.4 Å². The van der Waals surface area contributed by atoms with Gasteiger partial charge in [-0.15, -0.1) is 0 Å². The summed E-state index contributed by atoms with van der Waals surface area (Å²) in [5.41, 5.74) is 1.92. The molecule has 2 aromatic carbocycles. The number of hydrogen-bond donors (Lipinski definition) is 0. The zero-order valence-electron chi connectivity index (χ0n) is 13.7. The van der Waals surface area contributed by atoms with Gasteiger partial charge in [0.05, 0.1) is 12.0 Å². The van der Waals surface area contributed by atoms with Crippen LogP contribution < -0.4 is 9.64 Å². The second-order valence-corrected chi connectivity index (χ2v) is 7.80. The van der Waals surface area contributed by atoms with Crippen molar-refractivity contribution in [3.63, 3.8) is 0 Å². The molecule has 3 rings (SSSR count). The highest BCUT2D eigenvalue weighted by molar-refractivity contribution is 7.90. The van der Waals surface area contributed by atoms with Crippen LogP contribution in [-0.4, -0.2) is 34.2 Å². The standard InChI is InChI=1S/C18H19NO4S/c1-23-14-7-3-6-13(12-14)18(20)19-11-5-8-15-16(19)9-4-10-17(15)24(2,21)22/h3-4,6-7,9-10,12H,5,8,11H2,1-2H3. The van der Waals surface area contributed by atoms with Gasteiger partial charge in [0.1, 0.15) is 5.75 Å². The number of benzene rings is 2. The molecule has 0 bridgehead atoms. The van der Waals surface area contributed by atoms with Crippen LogP contribution in [0.5, 0.6) is 5.75 Å². The molecule has 0 spiro atoms. The summed E-state index contributed by atoms with van der Waals surface area (Å²) >= 11 is 0. The Kier molecular flexibility index (Phi) is 4.32. The molecule has 0 radical (unpaired) electrons. The zero-order chi connectivity index (χ0) is 17.3. The van der Waals surface area contributed by atoms with E-state index in [9.17, 15) is 13.2 Å². The lowest BCUT2D eigenvalue weighted by molar-refractivity contribution is 0.0984. The molecule has 1 aliphatic rings. The van der Waals surface area contributed by atoms with Crippen molar-refractivity contribution in [1.82, 2.24) is 0 Å². The van der Waals surface area contributed by atoms with Crippen LogP contribution in [0.4, 0.5) is 5.69 Å². The number of sulfone groups is 1. The van der Waals surface area contributed by atoms with Gasteiger partial charge >= 0.3 is 0 Å². The largest absolute Gasteiger partial charge is 0.497 e. The third-order valence-corrected chi connectivity index (χ3v) is 5.35. The van der Waals surface area contributed by atoms with Crippen LogP contribution in [0.3, 0.4) is 0 Å². The van der Waals surface area contributed by atoms with Crippen LogP contribution in [-0.2, 0) is 16.3 Å². The molecule has 0 saturated heterocycles. The molecule has 5 nitrogen and oxygen atoms in total. The maximum Gasteiger partial charge on any atom is 0.258 e. The maximum atomic E-state index is 12.9. The SMILES string of the molecule is COc1cccc(C(=O)N2CCCc3c2cccc3S(C)(=O)=O)c1. The monoisotopic (exact) mass is 345 g/mol. The molecule has 24 heavy (non-hydrogen) atoms. The first-order valence-electron chi connectivity index (χ1n) is 7.69. The van der Waals surface area contributed by atoms with E-state index in [2.05, 4.69) is 0 Å². The summed E-state index contributed by atoms with van der Waals surface area (Å²) in [5.74, 6) is 0.462. The van der Waals surface area contributed by atoms with Gasteiger partial charge in [-0.2, -0.15) is 0 Å². The number of carbonyl (C=O) groups is 1. The number of amides is 1. The van der Waals surface area contributed by atoms with Gasteiger partial charge in [-0.05, 0) is 48.7 Å². The summed E-state index contributed by atoms with van der Waals surface area (Å²) in [6, 6.07) is 12.1. The lowest BCUT2D eigenvalue weighted by Crippen LogP contribution is -2.36. The summed E-state index contributed by atoms with van der Waals surface area (Å²) in [6.07, 6.45) is 2.58. The van der Waals surface area contributed by atoms with E-state index in [1.807, 2.05) is 0 Å². The van der Waals surface area contributed by atoms with Crippen LogP contribution in [0.2, 0.25) is 0 Å². The van der Waals surface area contributed by atoms with Crippen molar-refractivity contribution < 1.29 is 17.9 Å². The molecule has 0 atom stereocenters.